The van der Waals surface area contributed by atoms with E-state index in [0.717, 1.165) is 22.0 Å². The molecule has 2 aromatic heterocycles. The van der Waals surface area contributed by atoms with Gasteiger partial charge in [-0.2, -0.15) is 5.26 Å². The maximum atomic E-state index is 9.12. The Morgan fingerprint density at radius 2 is 1.94 bits per heavy atom. The predicted octanol–water partition coefficient (Wildman–Crippen LogP) is 3.10. The van der Waals surface area contributed by atoms with Gasteiger partial charge in [0, 0.05) is 28.9 Å². The van der Waals surface area contributed by atoms with E-state index in [-0.39, 0.29) is 0 Å². The number of nitrogens with zero attached hydrogens (tertiary/aromatic N) is 2. The van der Waals surface area contributed by atoms with Crippen molar-refractivity contribution in [3.05, 3.63) is 54.5 Å². The smallest absolute Gasteiger partial charge is 0.0998 e. The Morgan fingerprint density at radius 1 is 1.06 bits per heavy atom. The zero-order valence-electron chi connectivity index (χ0n) is 9.01. The summed E-state index contributed by atoms with van der Waals surface area (Å²) in [5.74, 6) is 0. The molecule has 2 heterocycles. The van der Waals surface area contributed by atoms with Gasteiger partial charge in [-0.3, -0.25) is 4.98 Å². The van der Waals surface area contributed by atoms with Crippen LogP contribution in [0.4, 0.5) is 0 Å². The number of nitrogens with one attached hydrogen (secondary N) is 1. The van der Waals surface area contributed by atoms with Gasteiger partial charge >= 0.3 is 0 Å². The van der Waals surface area contributed by atoms with Gasteiger partial charge in [0.05, 0.1) is 23.3 Å². The van der Waals surface area contributed by atoms with E-state index in [1.54, 1.807) is 12.4 Å². The zero-order valence-corrected chi connectivity index (χ0v) is 9.01. The summed E-state index contributed by atoms with van der Waals surface area (Å²) in [6.07, 6.45) is 5.46. The molecule has 0 aliphatic heterocycles. The van der Waals surface area contributed by atoms with Crippen molar-refractivity contribution >= 4 is 10.9 Å². The minimum Gasteiger partial charge on any atom is -0.360 e. The van der Waals surface area contributed by atoms with Crippen molar-refractivity contribution in [1.82, 2.24) is 9.97 Å². The van der Waals surface area contributed by atoms with E-state index in [9.17, 15) is 0 Å². The number of aromatic amines is 1. The van der Waals surface area contributed by atoms with Gasteiger partial charge in [0.25, 0.3) is 0 Å². The minimum absolute atomic E-state index is 0.669. The fraction of sp³-hybridized carbons (Fsp3) is 0. The highest BCUT2D eigenvalue weighted by atomic mass is 14.7. The summed E-state index contributed by atoms with van der Waals surface area (Å²) in [5, 5.41) is 10.2. The summed E-state index contributed by atoms with van der Waals surface area (Å²) in [5.41, 5.74) is 3.56. The van der Waals surface area contributed by atoms with Gasteiger partial charge < -0.3 is 4.98 Å². The van der Waals surface area contributed by atoms with Crippen LogP contribution in [0, 0.1) is 11.3 Å². The third-order valence-electron chi connectivity index (χ3n) is 2.81. The highest BCUT2D eigenvalue weighted by molar-refractivity contribution is 5.95. The molecular weight excluding hydrogens is 210 g/mol. The van der Waals surface area contributed by atoms with E-state index in [0.29, 0.717) is 5.56 Å². The third kappa shape index (κ3) is 1.47. The van der Waals surface area contributed by atoms with Crippen molar-refractivity contribution in [2.24, 2.45) is 0 Å². The quantitative estimate of drug-likeness (QED) is 0.683. The second kappa shape index (κ2) is 3.76. The van der Waals surface area contributed by atoms with E-state index >= 15 is 0 Å². The van der Waals surface area contributed by atoms with Gasteiger partial charge in [-0.15, -0.1) is 0 Å². The summed E-state index contributed by atoms with van der Waals surface area (Å²) in [6.45, 7) is 0. The number of nitriles is 1. The lowest BCUT2D eigenvalue weighted by Gasteiger charge is -2.04. The monoisotopic (exact) mass is 219 g/mol. The summed E-state index contributed by atoms with van der Waals surface area (Å²) in [7, 11) is 0. The zero-order chi connectivity index (χ0) is 11.7. The van der Waals surface area contributed by atoms with Crippen LogP contribution in [0.3, 0.4) is 0 Å². The predicted molar refractivity (Wildman–Crippen MR) is 66.2 cm³/mol. The Balaban J connectivity index is 2.35. The Hall–Kier alpha value is -2.60. The molecule has 0 fully saturated rings. The van der Waals surface area contributed by atoms with Gasteiger partial charge in [0.1, 0.15) is 0 Å². The van der Waals surface area contributed by atoms with E-state index in [4.69, 9.17) is 5.26 Å². The number of hydrogen-bond donors (Lipinski definition) is 1. The maximum Gasteiger partial charge on any atom is 0.0998 e. The highest BCUT2D eigenvalue weighted by Gasteiger charge is 2.08. The van der Waals surface area contributed by atoms with Crippen LogP contribution in [0.1, 0.15) is 5.56 Å². The molecule has 3 rings (SSSR count). The highest BCUT2D eigenvalue weighted by Crippen LogP contribution is 2.29. The fourth-order valence-electron chi connectivity index (χ4n) is 2.01. The average molecular weight is 219 g/mol. The Kier molecular flexibility index (Phi) is 2.13. The molecule has 0 atom stereocenters. The van der Waals surface area contributed by atoms with E-state index in [1.165, 1.54) is 0 Å². The van der Waals surface area contributed by atoms with Crippen LogP contribution in [0.2, 0.25) is 0 Å². The van der Waals surface area contributed by atoms with Gasteiger partial charge in [0.15, 0.2) is 0 Å². The molecule has 0 bridgehead atoms. The molecule has 1 aromatic carbocycles. The SMILES string of the molecule is N#Cc1ccccc1-c1cncc2[nH]ccc12. The topological polar surface area (TPSA) is 52.5 Å². The van der Waals surface area contributed by atoms with Crippen LogP contribution in [-0.4, -0.2) is 9.97 Å². The molecule has 80 valence electrons. The first-order chi connectivity index (χ1) is 8.40. The summed E-state index contributed by atoms with van der Waals surface area (Å²) < 4.78 is 0. The van der Waals surface area contributed by atoms with Gasteiger partial charge in [-0.25, -0.2) is 0 Å². The molecule has 0 unspecified atom stereocenters. The molecule has 0 spiro atoms. The summed E-state index contributed by atoms with van der Waals surface area (Å²) in [6, 6.07) is 11.8. The number of H-pyrrole nitrogens is 1. The number of benzene rings is 1. The first-order valence-corrected chi connectivity index (χ1v) is 5.31. The number of fused-ring (bicyclic) bond motifs is 1. The van der Waals surface area contributed by atoms with E-state index in [1.807, 2.05) is 36.5 Å². The standard InChI is InChI=1S/C14H9N3/c15-7-10-3-1-2-4-11(10)13-8-16-9-14-12(13)5-6-17-14/h1-6,8-9,17H. The molecule has 17 heavy (non-hydrogen) atoms. The van der Waals surface area contributed by atoms with E-state index in [2.05, 4.69) is 16.0 Å². The van der Waals surface area contributed by atoms with Gasteiger partial charge in [-0.1, -0.05) is 18.2 Å². The molecule has 1 N–H and O–H groups in total. The Bertz CT molecular complexity index is 719. The molecule has 3 heteroatoms. The first-order valence-electron chi connectivity index (χ1n) is 5.31. The normalized spacial score (nSPS) is 10.3. The van der Waals surface area contributed by atoms with Gasteiger partial charge in [0.2, 0.25) is 0 Å². The molecule has 0 saturated carbocycles. The van der Waals surface area contributed by atoms with Crippen LogP contribution in [0.5, 0.6) is 0 Å². The van der Waals surface area contributed by atoms with Crippen molar-refractivity contribution in [2.75, 3.05) is 0 Å². The number of hydrogen-bond acceptors (Lipinski definition) is 2. The summed E-state index contributed by atoms with van der Waals surface area (Å²) >= 11 is 0. The van der Waals surface area contributed by atoms with Crippen LogP contribution in [0.15, 0.2) is 48.9 Å². The molecule has 3 nitrogen and oxygen atoms in total. The van der Waals surface area contributed by atoms with E-state index < -0.39 is 0 Å². The lowest BCUT2D eigenvalue weighted by Crippen LogP contribution is -1.86. The Labute approximate surface area is 98.4 Å². The lowest BCUT2D eigenvalue weighted by atomic mass is 9.99. The second-order valence-electron chi connectivity index (χ2n) is 3.78. The third-order valence-corrected chi connectivity index (χ3v) is 2.81. The number of rotatable bonds is 1. The molecule has 0 aliphatic rings. The van der Waals surface area contributed by atoms with Crippen molar-refractivity contribution < 1.29 is 0 Å². The maximum absolute atomic E-state index is 9.12. The van der Waals surface area contributed by atoms with Crippen LogP contribution >= 0.6 is 0 Å². The molecule has 0 saturated heterocycles. The largest absolute Gasteiger partial charge is 0.360 e. The summed E-state index contributed by atoms with van der Waals surface area (Å²) in [4.78, 5) is 7.32. The van der Waals surface area contributed by atoms with Crippen molar-refractivity contribution in [1.29, 1.82) is 5.26 Å². The number of aromatic nitrogens is 2. The van der Waals surface area contributed by atoms with Crippen LogP contribution < -0.4 is 0 Å². The van der Waals surface area contributed by atoms with Gasteiger partial charge in [-0.05, 0) is 12.1 Å². The second-order valence-corrected chi connectivity index (χ2v) is 3.78. The molecule has 0 aliphatic carbocycles. The fourth-order valence-corrected chi connectivity index (χ4v) is 2.01. The van der Waals surface area contributed by atoms with Crippen LogP contribution in [0.25, 0.3) is 22.0 Å². The molecule has 0 amide bonds. The molecule has 3 aromatic rings. The Morgan fingerprint density at radius 3 is 2.82 bits per heavy atom. The molecular formula is C14H9N3. The lowest BCUT2D eigenvalue weighted by molar-refractivity contribution is 1.34. The first kappa shape index (κ1) is 9.61. The van der Waals surface area contributed by atoms with Crippen LogP contribution in [-0.2, 0) is 0 Å². The number of pyridine rings is 1. The van der Waals surface area contributed by atoms with Crippen molar-refractivity contribution in [2.45, 2.75) is 0 Å². The van der Waals surface area contributed by atoms with Crippen molar-refractivity contribution in [3.8, 4) is 17.2 Å². The van der Waals surface area contributed by atoms with Crippen molar-refractivity contribution in [3.63, 3.8) is 0 Å². The average Bonchev–Trinajstić information content (AvgIpc) is 2.86. The molecule has 0 radical (unpaired) electrons. The minimum atomic E-state index is 0.669.